The highest BCUT2D eigenvalue weighted by Crippen LogP contribution is 2.48. The Kier molecular flexibility index (Phi) is 21.4. The van der Waals surface area contributed by atoms with E-state index in [1.165, 1.54) is 14.2 Å². The number of amides is 3. The lowest BCUT2D eigenvalue weighted by Crippen LogP contribution is -2.36. The predicted molar refractivity (Wildman–Crippen MR) is 311 cm³/mol. The van der Waals surface area contributed by atoms with Crippen LogP contribution in [0.15, 0.2) is 71.1 Å². The quantitative estimate of drug-likeness (QED) is 0.0157. The molecule has 0 bridgehead atoms. The number of hydrogen-bond donors (Lipinski definition) is 4. The van der Waals surface area contributed by atoms with Crippen molar-refractivity contribution < 1.29 is 56.9 Å². The molecule has 8 rings (SSSR count). The molecule has 5 aliphatic rings. The van der Waals surface area contributed by atoms with Crippen molar-refractivity contribution in [3.05, 3.63) is 77.7 Å². The largest absolute Gasteiger partial charge is 0.490 e. The Balaban J connectivity index is 0.996. The third kappa shape index (κ3) is 15.7. The number of hydrogen-bond acceptors (Lipinski definition) is 17. The first-order valence-electron chi connectivity index (χ1n) is 27.7. The molecule has 20 nitrogen and oxygen atoms in total. The first-order valence-corrected chi connectivity index (χ1v) is 28.7. The fourth-order valence-corrected chi connectivity index (χ4v) is 11.7. The number of nitrogens with zero attached hydrogens (tertiary/aromatic N) is 4. The number of unbranched alkanes of at least 4 members (excludes halogenated alkanes) is 3. The van der Waals surface area contributed by atoms with Crippen molar-refractivity contribution in [2.45, 2.75) is 69.2 Å². The summed E-state index contributed by atoms with van der Waals surface area (Å²) in [6.07, 6.45) is 5.90. The monoisotopic (exact) mass is 1120 g/mol. The number of nitrogens with one attached hydrogen (secondary N) is 4. The Morgan fingerprint density at radius 1 is 0.787 bits per heavy atom. The maximum atomic E-state index is 13.2. The van der Waals surface area contributed by atoms with E-state index in [-0.39, 0.29) is 83.3 Å². The normalized spacial score (nSPS) is 17.4. The van der Waals surface area contributed by atoms with E-state index in [9.17, 15) is 19.2 Å². The molecule has 0 spiro atoms. The van der Waals surface area contributed by atoms with Crippen LogP contribution in [0, 0.1) is 6.92 Å². The molecule has 3 amide bonds. The first kappa shape index (κ1) is 59.2. The molecule has 0 radical (unpaired) electrons. The summed E-state index contributed by atoms with van der Waals surface area (Å²) < 4.78 is 45.3. The molecule has 4 N–H and O–H groups in total. The van der Waals surface area contributed by atoms with Crippen LogP contribution in [0.25, 0.3) is 33.4 Å². The Morgan fingerprint density at radius 2 is 1.52 bits per heavy atom. The van der Waals surface area contributed by atoms with Crippen LogP contribution in [0.4, 0.5) is 21.9 Å². The highest BCUT2D eigenvalue weighted by atomic mass is 32.2. The van der Waals surface area contributed by atoms with E-state index in [0.717, 1.165) is 83.0 Å². The highest BCUT2D eigenvalue weighted by Gasteiger charge is 2.42. The Morgan fingerprint density at radius 3 is 2.26 bits per heavy atom. The predicted octanol–water partition coefficient (Wildman–Crippen LogP) is 5.97. The van der Waals surface area contributed by atoms with Crippen molar-refractivity contribution in [3.63, 3.8) is 0 Å². The number of carbonyl (C=O) groups is 4. The molecular weight excluding hydrogens is 1040 g/mol. The van der Waals surface area contributed by atoms with E-state index in [2.05, 4.69) is 45.7 Å². The number of methoxy groups -OCH3 is 2. The SMILES string of the molecule is COC(=O)CN1CCOCCN(CC(=O)OC)c2cc(OCCONCCCCCNC(=O)CCCCC3SCC4NC(=O)NC43)c(-c3c4ccc(=[N+](C)C)cc-4oc4cc(N(C)C)ccc34)cc2OCCOc2cc(C)ccc21. The molecule has 3 atom stereocenters. The molecule has 4 heterocycles. The second-order valence-corrected chi connectivity index (χ2v) is 21.9. The summed E-state index contributed by atoms with van der Waals surface area (Å²) in [6.45, 7) is 4.82. The smallest absolute Gasteiger partial charge is 0.325 e. The lowest BCUT2D eigenvalue weighted by Gasteiger charge is -2.28. The number of anilines is 3. The minimum Gasteiger partial charge on any atom is -0.490 e. The molecule has 0 aromatic heterocycles. The molecule has 2 fully saturated rings. The van der Waals surface area contributed by atoms with E-state index < -0.39 is 11.9 Å². The summed E-state index contributed by atoms with van der Waals surface area (Å²) in [4.78, 5) is 61.8. The molecule has 432 valence electrons. The van der Waals surface area contributed by atoms with Crippen molar-refractivity contribution in [1.82, 2.24) is 26.0 Å². The molecule has 21 heteroatoms. The van der Waals surface area contributed by atoms with Gasteiger partial charge in [0, 0.05) is 104 Å². The second-order valence-electron chi connectivity index (χ2n) is 20.6. The molecule has 3 aromatic carbocycles. The van der Waals surface area contributed by atoms with Gasteiger partial charge in [-0.15, -0.1) is 0 Å². The molecule has 3 unspecified atom stereocenters. The van der Waals surface area contributed by atoms with Gasteiger partial charge in [0.15, 0.2) is 0 Å². The Labute approximate surface area is 473 Å². The summed E-state index contributed by atoms with van der Waals surface area (Å²) in [7, 11) is 10.7. The van der Waals surface area contributed by atoms with Gasteiger partial charge in [0.25, 0.3) is 0 Å². The average molecular weight is 1120 g/mol. The van der Waals surface area contributed by atoms with Crippen LogP contribution in [0.3, 0.4) is 0 Å². The molecule has 2 saturated heterocycles. The van der Waals surface area contributed by atoms with Gasteiger partial charge in [-0.25, -0.2) is 14.9 Å². The van der Waals surface area contributed by atoms with E-state index in [0.29, 0.717) is 71.3 Å². The van der Waals surface area contributed by atoms with Crippen molar-refractivity contribution >= 4 is 63.7 Å². The number of esters is 2. The fraction of sp³-hybridized carbons (Fsp3) is 0.508. The van der Waals surface area contributed by atoms with Crippen LogP contribution in [0.2, 0.25) is 0 Å². The number of urea groups is 1. The van der Waals surface area contributed by atoms with Gasteiger partial charge in [-0.3, -0.25) is 19.2 Å². The van der Waals surface area contributed by atoms with Gasteiger partial charge in [0.2, 0.25) is 11.3 Å². The summed E-state index contributed by atoms with van der Waals surface area (Å²) in [6, 6.07) is 22.3. The fourth-order valence-electron chi connectivity index (χ4n) is 10.1. The number of benzene rings is 4. The summed E-state index contributed by atoms with van der Waals surface area (Å²) in [5.74, 6) is 2.38. The zero-order valence-electron chi connectivity index (χ0n) is 47.3. The van der Waals surface area contributed by atoms with Gasteiger partial charge in [-0.05, 0) is 74.6 Å². The van der Waals surface area contributed by atoms with Crippen LogP contribution in [0.5, 0.6) is 17.2 Å². The summed E-state index contributed by atoms with van der Waals surface area (Å²) in [5.41, 5.74) is 9.41. The number of thioether (sulfide) groups is 1. The van der Waals surface area contributed by atoms with E-state index in [1.807, 2.05) is 109 Å². The molecular formula is C59H79N8O12S+. The number of aryl methyl sites for hydroxylation is 1. The second kappa shape index (κ2) is 29.0. The lowest BCUT2D eigenvalue weighted by atomic mass is 9.92. The number of carbonyl (C=O) groups excluding carboxylic acids is 4. The van der Waals surface area contributed by atoms with Gasteiger partial charge in [0.05, 0.1) is 57.0 Å². The number of rotatable bonds is 22. The third-order valence-electron chi connectivity index (χ3n) is 14.5. The van der Waals surface area contributed by atoms with Crippen LogP contribution in [0.1, 0.15) is 50.5 Å². The zero-order valence-corrected chi connectivity index (χ0v) is 48.1. The van der Waals surface area contributed by atoms with Crippen molar-refractivity contribution in [2.24, 2.45) is 0 Å². The van der Waals surface area contributed by atoms with E-state index in [4.69, 9.17) is 37.7 Å². The lowest BCUT2D eigenvalue weighted by molar-refractivity contribution is -0.139. The van der Waals surface area contributed by atoms with Crippen molar-refractivity contribution in [1.29, 1.82) is 0 Å². The van der Waals surface area contributed by atoms with Gasteiger partial charge >= 0.3 is 18.0 Å². The minimum absolute atomic E-state index is 0.0141. The van der Waals surface area contributed by atoms with E-state index in [1.54, 1.807) is 0 Å². The minimum atomic E-state index is -0.461. The zero-order chi connectivity index (χ0) is 56.5. The van der Waals surface area contributed by atoms with Crippen LogP contribution in [-0.4, -0.2) is 168 Å². The number of ether oxygens (including phenoxy) is 6. The number of hydroxylamine groups is 1. The van der Waals surface area contributed by atoms with Gasteiger partial charge in [-0.1, -0.05) is 18.9 Å². The molecule has 3 aromatic rings. The van der Waals surface area contributed by atoms with Crippen LogP contribution < -0.4 is 60.3 Å². The van der Waals surface area contributed by atoms with Crippen molar-refractivity contribution in [3.8, 4) is 39.7 Å². The molecule has 0 saturated carbocycles. The van der Waals surface area contributed by atoms with Crippen molar-refractivity contribution in [2.75, 3.05) is 142 Å². The summed E-state index contributed by atoms with van der Waals surface area (Å²) in [5, 5.41) is 11.3. The molecule has 1 aliphatic carbocycles. The summed E-state index contributed by atoms with van der Waals surface area (Å²) >= 11 is 1.90. The molecule has 4 aliphatic heterocycles. The maximum absolute atomic E-state index is 13.2. The standard InChI is InChI=1S/C59H78N8O12S/c1-39-15-20-46-51(31-39)76-27-28-77-52-34-44(57-42-18-16-40(64(2)3)32-49(42)79-50-33-41(65(4)5)17-19-43(50)57)48(35-47(52)67(37-56(70)73-7)24-26-74-25-23-66(46)36-55(69)72-6)75-29-30-78-61-22-12-8-11-21-60-54(68)14-10-9-13-53-58-45(38-80-53)62-59(71)63-58/h15-20,31-35,45,53,58,61H,8-14,21-30,36-38H2,1-7H3,(H2-,60,62,63,68,71)/p+1. The van der Waals surface area contributed by atoms with Crippen LogP contribution in [-0.2, 0) is 33.4 Å². The molecule has 80 heavy (non-hydrogen) atoms. The maximum Gasteiger partial charge on any atom is 0.325 e. The van der Waals surface area contributed by atoms with Gasteiger partial charge in [-0.2, -0.15) is 11.8 Å². The Hall–Kier alpha value is -6.94. The highest BCUT2D eigenvalue weighted by molar-refractivity contribution is 8.00. The third-order valence-corrected chi connectivity index (χ3v) is 16.0. The average Bonchev–Trinajstić information content (AvgIpc) is 4.02. The Bertz CT molecular complexity index is 2970. The number of fused-ring (bicyclic) bond motifs is 5. The van der Waals surface area contributed by atoms with Gasteiger partial charge in [0.1, 0.15) is 82.2 Å². The topological polar surface area (TPSA) is 207 Å². The van der Waals surface area contributed by atoms with Gasteiger partial charge < -0.3 is 63.5 Å². The first-order chi connectivity index (χ1) is 38.8. The van der Waals surface area contributed by atoms with Crippen LogP contribution >= 0.6 is 11.8 Å². The van der Waals surface area contributed by atoms with E-state index >= 15 is 0 Å².